The molecule has 1 heterocycles. The van der Waals surface area contributed by atoms with E-state index in [1.54, 1.807) is 11.8 Å². The molecule has 0 aromatic heterocycles. The number of piperazine rings is 1. The van der Waals surface area contributed by atoms with Crippen LogP contribution in [-0.4, -0.2) is 53.8 Å². The number of amides is 2. The number of hydrogen-bond donors (Lipinski definition) is 1. The first-order valence-electron chi connectivity index (χ1n) is 6.88. The zero-order chi connectivity index (χ0) is 13.1. The van der Waals surface area contributed by atoms with Gasteiger partial charge in [0.05, 0.1) is 0 Å². The van der Waals surface area contributed by atoms with Gasteiger partial charge >= 0.3 is 0 Å². The van der Waals surface area contributed by atoms with Crippen LogP contribution < -0.4 is 5.73 Å². The molecule has 0 bridgehead atoms. The molecule has 2 atom stereocenters. The van der Waals surface area contributed by atoms with Gasteiger partial charge in [0.25, 0.3) is 0 Å². The first kappa shape index (κ1) is 13.3. The summed E-state index contributed by atoms with van der Waals surface area (Å²) in [6, 6.07) is 0.186. The zero-order valence-electron chi connectivity index (χ0n) is 11.1. The Morgan fingerprint density at radius 3 is 2.22 bits per heavy atom. The van der Waals surface area contributed by atoms with E-state index < -0.39 is 0 Å². The Morgan fingerprint density at radius 1 is 1.06 bits per heavy atom. The summed E-state index contributed by atoms with van der Waals surface area (Å²) in [5.41, 5.74) is 5.93. The maximum absolute atomic E-state index is 12.3. The highest BCUT2D eigenvalue weighted by Crippen LogP contribution is 2.25. The Hall–Kier alpha value is -1.10. The Kier molecular flexibility index (Phi) is 4.22. The molecule has 1 aliphatic heterocycles. The quantitative estimate of drug-likeness (QED) is 0.725. The van der Waals surface area contributed by atoms with Crippen molar-refractivity contribution in [1.82, 2.24) is 9.80 Å². The van der Waals surface area contributed by atoms with Crippen LogP contribution in [0, 0.1) is 5.92 Å². The second-order valence-corrected chi connectivity index (χ2v) is 5.45. The average Bonchev–Trinajstić information content (AvgIpc) is 2.38. The molecule has 2 unspecified atom stereocenters. The van der Waals surface area contributed by atoms with Gasteiger partial charge in [-0.2, -0.15) is 0 Å². The van der Waals surface area contributed by atoms with Crippen LogP contribution in [-0.2, 0) is 9.59 Å². The third-order valence-electron chi connectivity index (χ3n) is 4.10. The van der Waals surface area contributed by atoms with Crippen molar-refractivity contribution in [2.24, 2.45) is 11.7 Å². The van der Waals surface area contributed by atoms with Crippen LogP contribution in [0.3, 0.4) is 0 Å². The molecule has 102 valence electrons. The highest BCUT2D eigenvalue weighted by atomic mass is 16.2. The van der Waals surface area contributed by atoms with E-state index in [9.17, 15) is 9.59 Å². The van der Waals surface area contributed by atoms with Crippen LogP contribution in [0.5, 0.6) is 0 Å². The smallest absolute Gasteiger partial charge is 0.225 e. The van der Waals surface area contributed by atoms with Gasteiger partial charge in [0, 0.05) is 45.1 Å². The molecule has 1 saturated carbocycles. The molecule has 18 heavy (non-hydrogen) atoms. The number of carbonyl (C=O) groups is 2. The molecule has 2 N–H and O–H groups in total. The fourth-order valence-electron chi connectivity index (χ4n) is 2.95. The maximum Gasteiger partial charge on any atom is 0.225 e. The third-order valence-corrected chi connectivity index (χ3v) is 4.10. The predicted molar refractivity (Wildman–Crippen MR) is 68.8 cm³/mol. The lowest BCUT2D eigenvalue weighted by molar-refractivity contribution is -0.142. The summed E-state index contributed by atoms with van der Waals surface area (Å²) < 4.78 is 0. The van der Waals surface area contributed by atoms with E-state index in [0.29, 0.717) is 26.2 Å². The lowest BCUT2D eigenvalue weighted by atomic mass is 9.85. The number of carbonyl (C=O) groups excluding carboxylic acids is 2. The van der Waals surface area contributed by atoms with Crippen molar-refractivity contribution in [3.05, 3.63) is 0 Å². The minimum absolute atomic E-state index is 0.0989. The SMILES string of the molecule is CC(=O)N1CCN(C(=O)C2CCCC(N)C2)CC1. The first-order valence-corrected chi connectivity index (χ1v) is 6.88. The van der Waals surface area contributed by atoms with Gasteiger partial charge in [-0.3, -0.25) is 9.59 Å². The van der Waals surface area contributed by atoms with Crippen LogP contribution in [0.1, 0.15) is 32.6 Å². The van der Waals surface area contributed by atoms with E-state index in [0.717, 1.165) is 25.7 Å². The van der Waals surface area contributed by atoms with Gasteiger partial charge in [0.15, 0.2) is 0 Å². The largest absolute Gasteiger partial charge is 0.339 e. The normalized spacial score (nSPS) is 29.2. The van der Waals surface area contributed by atoms with Crippen molar-refractivity contribution in [2.45, 2.75) is 38.6 Å². The molecule has 1 aliphatic carbocycles. The van der Waals surface area contributed by atoms with Gasteiger partial charge in [-0.1, -0.05) is 6.42 Å². The third kappa shape index (κ3) is 3.02. The molecule has 2 rings (SSSR count). The van der Waals surface area contributed by atoms with E-state index in [-0.39, 0.29) is 23.8 Å². The van der Waals surface area contributed by atoms with Gasteiger partial charge in [0.1, 0.15) is 0 Å². The number of hydrogen-bond acceptors (Lipinski definition) is 3. The van der Waals surface area contributed by atoms with Crippen molar-refractivity contribution < 1.29 is 9.59 Å². The molecule has 1 saturated heterocycles. The first-order chi connectivity index (χ1) is 8.58. The van der Waals surface area contributed by atoms with Crippen molar-refractivity contribution in [2.75, 3.05) is 26.2 Å². The van der Waals surface area contributed by atoms with Crippen molar-refractivity contribution in [3.63, 3.8) is 0 Å². The van der Waals surface area contributed by atoms with E-state index in [4.69, 9.17) is 5.73 Å². The van der Waals surface area contributed by atoms with E-state index in [1.807, 2.05) is 4.90 Å². The van der Waals surface area contributed by atoms with Crippen LogP contribution in [0.25, 0.3) is 0 Å². The molecule has 2 fully saturated rings. The standard InChI is InChI=1S/C13H23N3O2/c1-10(17)15-5-7-16(8-6-15)13(18)11-3-2-4-12(14)9-11/h11-12H,2-9,14H2,1H3. The molecular weight excluding hydrogens is 230 g/mol. The van der Waals surface area contributed by atoms with Crippen molar-refractivity contribution >= 4 is 11.8 Å². The number of nitrogens with zero attached hydrogens (tertiary/aromatic N) is 2. The van der Waals surface area contributed by atoms with E-state index in [2.05, 4.69) is 0 Å². The minimum atomic E-state index is 0.0989. The van der Waals surface area contributed by atoms with E-state index in [1.165, 1.54) is 0 Å². The van der Waals surface area contributed by atoms with Gasteiger partial charge in [-0.05, 0) is 19.3 Å². The van der Waals surface area contributed by atoms with Gasteiger partial charge in [-0.25, -0.2) is 0 Å². The monoisotopic (exact) mass is 253 g/mol. The fourth-order valence-corrected chi connectivity index (χ4v) is 2.95. The maximum atomic E-state index is 12.3. The number of nitrogens with two attached hydrogens (primary N) is 1. The summed E-state index contributed by atoms with van der Waals surface area (Å²) in [6.45, 7) is 4.26. The molecule has 2 aliphatic rings. The molecule has 0 spiro atoms. The second-order valence-electron chi connectivity index (χ2n) is 5.45. The summed E-state index contributed by atoms with van der Waals surface area (Å²) in [4.78, 5) is 27.3. The second kappa shape index (κ2) is 5.69. The summed E-state index contributed by atoms with van der Waals surface area (Å²) in [7, 11) is 0. The van der Waals surface area contributed by atoms with Crippen LogP contribution in [0.4, 0.5) is 0 Å². The van der Waals surface area contributed by atoms with Crippen LogP contribution in [0.2, 0.25) is 0 Å². The molecule has 5 heteroatoms. The molecular formula is C13H23N3O2. The topological polar surface area (TPSA) is 66.6 Å². The van der Waals surface area contributed by atoms with Gasteiger partial charge in [0.2, 0.25) is 11.8 Å². The lowest BCUT2D eigenvalue weighted by Gasteiger charge is -2.37. The highest BCUT2D eigenvalue weighted by Gasteiger charge is 2.30. The molecule has 5 nitrogen and oxygen atoms in total. The molecule has 0 radical (unpaired) electrons. The summed E-state index contributed by atoms with van der Waals surface area (Å²) in [5, 5.41) is 0. The Morgan fingerprint density at radius 2 is 1.67 bits per heavy atom. The number of rotatable bonds is 1. The van der Waals surface area contributed by atoms with Crippen molar-refractivity contribution in [3.8, 4) is 0 Å². The molecule has 0 aromatic carbocycles. The fraction of sp³-hybridized carbons (Fsp3) is 0.846. The zero-order valence-corrected chi connectivity index (χ0v) is 11.1. The van der Waals surface area contributed by atoms with Crippen LogP contribution in [0.15, 0.2) is 0 Å². The predicted octanol–water partition coefficient (Wildman–Crippen LogP) is 0.195. The molecule has 0 aromatic rings. The summed E-state index contributed by atoms with van der Waals surface area (Å²) >= 11 is 0. The van der Waals surface area contributed by atoms with Crippen LogP contribution >= 0.6 is 0 Å². The highest BCUT2D eigenvalue weighted by molar-refractivity contribution is 5.79. The lowest BCUT2D eigenvalue weighted by Crippen LogP contribution is -2.52. The summed E-state index contributed by atoms with van der Waals surface area (Å²) in [5.74, 6) is 0.452. The Bertz CT molecular complexity index is 324. The minimum Gasteiger partial charge on any atom is -0.339 e. The Balaban J connectivity index is 1.85. The van der Waals surface area contributed by atoms with E-state index >= 15 is 0 Å². The Labute approximate surface area is 108 Å². The van der Waals surface area contributed by atoms with Crippen molar-refractivity contribution in [1.29, 1.82) is 0 Å². The molecule has 2 amide bonds. The van der Waals surface area contributed by atoms with Gasteiger partial charge in [-0.15, -0.1) is 0 Å². The van der Waals surface area contributed by atoms with Gasteiger partial charge < -0.3 is 15.5 Å². The average molecular weight is 253 g/mol. The summed E-state index contributed by atoms with van der Waals surface area (Å²) in [6.07, 6.45) is 3.90.